The van der Waals surface area contributed by atoms with Gasteiger partial charge in [-0.3, -0.25) is 0 Å². The van der Waals surface area contributed by atoms with Gasteiger partial charge in [0.25, 0.3) is 5.89 Å². The van der Waals surface area contributed by atoms with E-state index in [0.717, 1.165) is 18.4 Å². The van der Waals surface area contributed by atoms with Crippen molar-refractivity contribution in [2.45, 2.75) is 31.5 Å². The van der Waals surface area contributed by atoms with Crippen LogP contribution in [0, 0.1) is 6.92 Å². The van der Waals surface area contributed by atoms with Gasteiger partial charge in [-0.25, -0.2) is 9.97 Å². The standard InChI is InChI=1S/C17H14F3N5O/c1-10-2-4-12(5-3-10)16(6-7-16)23-15-21-8-11(9-22-15)13-24-25-14(26-13)17(18,19)20/h2-5,8-9H,6-7H2,1H3,(H,21,22,23). The highest BCUT2D eigenvalue weighted by molar-refractivity contribution is 5.51. The molecule has 0 saturated heterocycles. The first-order chi connectivity index (χ1) is 12.4. The SMILES string of the molecule is Cc1ccc(C2(Nc3ncc(-c4nnc(C(F)(F)F)o4)cn3)CC2)cc1. The fourth-order valence-corrected chi connectivity index (χ4v) is 2.65. The number of nitrogens with one attached hydrogen (secondary N) is 1. The zero-order valence-corrected chi connectivity index (χ0v) is 13.7. The first kappa shape index (κ1) is 16.5. The topological polar surface area (TPSA) is 76.7 Å². The number of hydrogen-bond donors (Lipinski definition) is 1. The number of halogens is 3. The molecular formula is C17H14F3N5O. The van der Waals surface area contributed by atoms with E-state index in [1.165, 1.54) is 18.0 Å². The van der Waals surface area contributed by atoms with E-state index in [-0.39, 0.29) is 17.0 Å². The largest absolute Gasteiger partial charge is 0.470 e. The third kappa shape index (κ3) is 3.12. The van der Waals surface area contributed by atoms with Crippen molar-refractivity contribution < 1.29 is 17.6 Å². The number of aromatic nitrogens is 4. The van der Waals surface area contributed by atoms with Crippen molar-refractivity contribution in [3.8, 4) is 11.5 Å². The normalized spacial score (nSPS) is 15.7. The molecule has 0 radical (unpaired) electrons. The minimum absolute atomic E-state index is 0.191. The predicted octanol–water partition coefficient (Wildman–Crippen LogP) is 3.96. The van der Waals surface area contributed by atoms with Crippen LogP contribution in [0.1, 0.15) is 29.9 Å². The van der Waals surface area contributed by atoms with E-state index in [9.17, 15) is 13.2 Å². The molecule has 2 heterocycles. The molecule has 0 atom stereocenters. The summed E-state index contributed by atoms with van der Waals surface area (Å²) in [7, 11) is 0. The van der Waals surface area contributed by atoms with Gasteiger partial charge in [0.1, 0.15) is 0 Å². The Kier molecular flexibility index (Phi) is 3.67. The lowest BCUT2D eigenvalue weighted by atomic mass is 10.0. The number of rotatable bonds is 4. The van der Waals surface area contributed by atoms with Gasteiger partial charge in [-0.1, -0.05) is 29.8 Å². The molecule has 2 aromatic heterocycles. The molecule has 134 valence electrons. The Morgan fingerprint density at radius 2 is 1.69 bits per heavy atom. The van der Waals surface area contributed by atoms with Crippen LogP contribution in [0.3, 0.4) is 0 Å². The highest BCUT2D eigenvalue weighted by Gasteiger charge is 2.45. The summed E-state index contributed by atoms with van der Waals surface area (Å²) in [5.74, 6) is -1.28. The third-order valence-corrected chi connectivity index (χ3v) is 4.27. The summed E-state index contributed by atoms with van der Waals surface area (Å²) < 4.78 is 42.2. The Bertz CT molecular complexity index is 915. The van der Waals surface area contributed by atoms with Crippen molar-refractivity contribution in [3.63, 3.8) is 0 Å². The quantitative estimate of drug-likeness (QED) is 0.758. The molecule has 0 unspecified atom stereocenters. The van der Waals surface area contributed by atoms with Gasteiger partial charge in [0.05, 0.1) is 11.1 Å². The lowest BCUT2D eigenvalue weighted by molar-refractivity contribution is -0.156. The Morgan fingerprint density at radius 3 is 2.23 bits per heavy atom. The van der Waals surface area contributed by atoms with Crippen molar-refractivity contribution in [1.29, 1.82) is 0 Å². The molecular weight excluding hydrogens is 347 g/mol. The maximum Gasteiger partial charge on any atom is 0.470 e. The van der Waals surface area contributed by atoms with Crippen LogP contribution in [0.15, 0.2) is 41.1 Å². The molecule has 6 nitrogen and oxygen atoms in total. The number of aryl methyl sites for hydroxylation is 1. The number of alkyl halides is 3. The molecule has 1 N–H and O–H groups in total. The van der Waals surface area contributed by atoms with Crippen LogP contribution in [0.25, 0.3) is 11.5 Å². The maximum absolute atomic E-state index is 12.5. The van der Waals surface area contributed by atoms with Gasteiger partial charge in [-0.05, 0) is 25.3 Å². The molecule has 26 heavy (non-hydrogen) atoms. The van der Waals surface area contributed by atoms with Crippen LogP contribution < -0.4 is 5.32 Å². The van der Waals surface area contributed by atoms with Gasteiger partial charge in [-0.2, -0.15) is 13.2 Å². The highest BCUT2D eigenvalue weighted by atomic mass is 19.4. The molecule has 1 saturated carbocycles. The molecule has 9 heteroatoms. The molecule has 0 aliphatic heterocycles. The molecule has 0 amide bonds. The van der Waals surface area contributed by atoms with E-state index in [4.69, 9.17) is 0 Å². The molecule has 1 aliphatic rings. The van der Waals surface area contributed by atoms with Crippen molar-refractivity contribution in [1.82, 2.24) is 20.2 Å². The minimum Gasteiger partial charge on any atom is -0.413 e. The summed E-state index contributed by atoms with van der Waals surface area (Å²) >= 11 is 0. The van der Waals surface area contributed by atoms with Crippen LogP contribution in [-0.2, 0) is 11.7 Å². The Balaban J connectivity index is 1.51. The van der Waals surface area contributed by atoms with Gasteiger partial charge < -0.3 is 9.73 Å². The van der Waals surface area contributed by atoms with Gasteiger partial charge in [-0.15, -0.1) is 10.2 Å². The highest BCUT2D eigenvalue weighted by Crippen LogP contribution is 2.47. The predicted molar refractivity (Wildman–Crippen MR) is 86.0 cm³/mol. The second kappa shape index (κ2) is 5.79. The second-order valence-corrected chi connectivity index (χ2v) is 6.28. The van der Waals surface area contributed by atoms with Crippen LogP contribution in [0.4, 0.5) is 19.1 Å². The number of benzene rings is 1. The van der Waals surface area contributed by atoms with E-state index in [2.05, 4.69) is 54.2 Å². The van der Waals surface area contributed by atoms with Crippen LogP contribution in [0.2, 0.25) is 0 Å². The van der Waals surface area contributed by atoms with Gasteiger partial charge >= 0.3 is 12.1 Å². The van der Waals surface area contributed by atoms with Crippen LogP contribution in [0.5, 0.6) is 0 Å². The number of nitrogens with zero attached hydrogens (tertiary/aromatic N) is 4. The number of anilines is 1. The zero-order chi connectivity index (χ0) is 18.4. The maximum atomic E-state index is 12.5. The first-order valence-electron chi connectivity index (χ1n) is 7.94. The Morgan fingerprint density at radius 1 is 1.04 bits per heavy atom. The fraction of sp³-hybridized carbons (Fsp3) is 0.294. The van der Waals surface area contributed by atoms with Crippen molar-refractivity contribution in [2.24, 2.45) is 0 Å². The molecule has 0 spiro atoms. The molecule has 4 rings (SSSR count). The average Bonchev–Trinajstić information content (AvgIpc) is 3.19. The fourth-order valence-electron chi connectivity index (χ4n) is 2.65. The monoisotopic (exact) mass is 361 g/mol. The van der Waals surface area contributed by atoms with E-state index in [1.54, 1.807) is 0 Å². The smallest absolute Gasteiger partial charge is 0.413 e. The summed E-state index contributed by atoms with van der Waals surface area (Å²) in [5, 5.41) is 9.68. The lowest BCUT2D eigenvalue weighted by Gasteiger charge is -2.18. The molecule has 1 aromatic carbocycles. The molecule has 3 aromatic rings. The third-order valence-electron chi connectivity index (χ3n) is 4.27. The Hall–Kier alpha value is -2.97. The van der Waals surface area contributed by atoms with Crippen LogP contribution >= 0.6 is 0 Å². The van der Waals surface area contributed by atoms with Crippen molar-refractivity contribution >= 4 is 5.95 Å². The first-order valence-corrected chi connectivity index (χ1v) is 7.94. The minimum atomic E-state index is -4.68. The second-order valence-electron chi connectivity index (χ2n) is 6.28. The summed E-state index contributed by atoms with van der Waals surface area (Å²) in [4.78, 5) is 8.33. The van der Waals surface area contributed by atoms with Crippen LogP contribution in [-0.4, -0.2) is 20.2 Å². The Labute approximate surface area is 146 Å². The number of hydrogen-bond acceptors (Lipinski definition) is 6. The average molecular weight is 361 g/mol. The van der Waals surface area contributed by atoms with E-state index in [1.807, 2.05) is 6.92 Å². The summed E-state index contributed by atoms with van der Waals surface area (Å²) in [6.45, 7) is 2.03. The summed E-state index contributed by atoms with van der Waals surface area (Å²) in [6, 6.07) is 8.24. The van der Waals surface area contributed by atoms with E-state index < -0.39 is 12.1 Å². The van der Waals surface area contributed by atoms with Gasteiger partial charge in [0.15, 0.2) is 0 Å². The van der Waals surface area contributed by atoms with E-state index in [0.29, 0.717) is 5.95 Å². The van der Waals surface area contributed by atoms with E-state index >= 15 is 0 Å². The van der Waals surface area contributed by atoms with Crippen molar-refractivity contribution in [3.05, 3.63) is 53.7 Å². The molecule has 1 fully saturated rings. The lowest BCUT2D eigenvalue weighted by Crippen LogP contribution is -2.20. The molecule has 1 aliphatic carbocycles. The van der Waals surface area contributed by atoms with Gasteiger partial charge in [0, 0.05) is 12.4 Å². The summed E-state index contributed by atoms with van der Waals surface area (Å²) in [5.41, 5.74) is 2.37. The zero-order valence-electron chi connectivity index (χ0n) is 13.7. The summed E-state index contributed by atoms with van der Waals surface area (Å²) in [6.07, 6.45) is -0.0536. The van der Waals surface area contributed by atoms with Gasteiger partial charge in [0.2, 0.25) is 5.95 Å². The molecule has 0 bridgehead atoms. The van der Waals surface area contributed by atoms with Crippen molar-refractivity contribution in [2.75, 3.05) is 5.32 Å².